The van der Waals surface area contributed by atoms with E-state index in [1.807, 2.05) is 6.92 Å². The monoisotopic (exact) mass is 185 g/mol. The van der Waals surface area contributed by atoms with Gasteiger partial charge in [0.25, 0.3) is 0 Å². The van der Waals surface area contributed by atoms with Crippen molar-refractivity contribution in [2.24, 2.45) is 0 Å². The molecule has 1 fully saturated rings. The van der Waals surface area contributed by atoms with Crippen LogP contribution in [-0.2, 0) is 14.3 Å². The Balaban J connectivity index is 2.14. The molecule has 0 bridgehead atoms. The fourth-order valence-corrected chi connectivity index (χ4v) is 1.34. The van der Waals surface area contributed by atoms with Crippen LogP contribution in [0.15, 0.2) is 0 Å². The van der Waals surface area contributed by atoms with Crippen LogP contribution in [-0.4, -0.2) is 42.9 Å². The molecule has 1 heterocycles. The van der Waals surface area contributed by atoms with E-state index in [0.717, 1.165) is 6.42 Å². The lowest BCUT2D eigenvalue weighted by atomic mass is 10.3. The molecule has 1 aliphatic rings. The highest BCUT2D eigenvalue weighted by Gasteiger charge is 2.26. The van der Waals surface area contributed by atoms with Gasteiger partial charge in [0, 0.05) is 19.8 Å². The lowest BCUT2D eigenvalue weighted by molar-refractivity contribution is -0.128. The van der Waals surface area contributed by atoms with Crippen molar-refractivity contribution >= 4 is 11.7 Å². The number of amides is 1. The van der Waals surface area contributed by atoms with Gasteiger partial charge in [0.2, 0.25) is 5.91 Å². The van der Waals surface area contributed by atoms with E-state index in [0.29, 0.717) is 26.3 Å². The van der Waals surface area contributed by atoms with E-state index in [-0.39, 0.29) is 18.1 Å². The molecule has 0 unspecified atom stereocenters. The van der Waals surface area contributed by atoms with Crippen LogP contribution in [0, 0.1) is 0 Å². The van der Waals surface area contributed by atoms with E-state index < -0.39 is 0 Å². The van der Waals surface area contributed by atoms with Gasteiger partial charge < -0.3 is 9.64 Å². The highest BCUT2D eigenvalue weighted by molar-refractivity contribution is 6.05. The Bertz CT molecular complexity index is 203. The molecule has 0 aromatic rings. The minimum absolute atomic E-state index is 0.0291. The molecule has 0 radical (unpaired) electrons. The number of ether oxygens (including phenoxy) is 1. The molecule has 1 saturated heterocycles. The summed E-state index contributed by atoms with van der Waals surface area (Å²) in [4.78, 5) is 23.6. The van der Waals surface area contributed by atoms with Gasteiger partial charge >= 0.3 is 0 Å². The maximum Gasteiger partial charge on any atom is 0.230 e. The molecule has 1 amide bonds. The number of carbonyl (C=O) groups is 2. The molecule has 1 rings (SSSR count). The van der Waals surface area contributed by atoms with Crippen LogP contribution in [0.5, 0.6) is 0 Å². The van der Waals surface area contributed by atoms with Crippen LogP contribution in [0.3, 0.4) is 0 Å². The molecule has 4 nitrogen and oxygen atoms in total. The van der Waals surface area contributed by atoms with Gasteiger partial charge in [-0.1, -0.05) is 0 Å². The van der Waals surface area contributed by atoms with Crippen molar-refractivity contribution in [1.29, 1.82) is 0 Å². The van der Waals surface area contributed by atoms with Crippen LogP contribution >= 0.6 is 0 Å². The lowest BCUT2D eigenvalue weighted by Crippen LogP contribution is -2.27. The predicted molar refractivity (Wildman–Crippen MR) is 47.3 cm³/mol. The maximum absolute atomic E-state index is 11.1. The summed E-state index contributed by atoms with van der Waals surface area (Å²) in [6.45, 7) is 4.24. The third-order valence-corrected chi connectivity index (χ3v) is 1.99. The van der Waals surface area contributed by atoms with Gasteiger partial charge in [0.05, 0.1) is 13.0 Å². The molecule has 13 heavy (non-hydrogen) atoms. The Morgan fingerprint density at radius 3 is 2.77 bits per heavy atom. The molecule has 4 heteroatoms. The van der Waals surface area contributed by atoms with Crippen LogP contribution in [0.4, 0.5) is 0 Å². The zero-order valence-electron chi connectivity index (χ0n) is 7.91. The molecule has 0 spiro atoms. The summed E-state index contributed by atoms with van der Waals surface area (Å²) in [6, 6.07) is 0. The number of rotatable bonds is 5. The fraction of sp³-hybridized carbons (Fsp3) is 0.778. The Labute approximate surface area is 77.8 Å². The van der Waals surface area contributed by atoms with Gasteiger partial charge in [0.1, 0.15) is 0 Å². The zero-order chi connectivity index (χ0) is 9.68. The number of carbonyl (C=O) groups excluding carboxylic acids is 2. The second-order valence-corrected chi connectivity index (χ2v) is 3.08. The average molecular weight is 185 g/mol. The summed E-state index contributed by atoms with van der Waals surface area (Å²) < 4.78 is 5.13. The van der Waals surface area contributed by atoms with Crippen molar-refractivity contribution in [2.45, 2.75) is 19.8 Å². The predicted octanol–water partition coefficient (Wildman–Crippen LogP) is 0.214. The van der Waals surface area contributed by atoms with Gasteiger partial charge in [-0.15, -0.1) is 0 Å². The minimum atomic E-state index is -0.0403. The first kappa shape index (κ1) is 10.2. The minimum Gasteiger partial charge on any atom is -0.382 e. The fourth-order valence-electron chi connectivity index (χ4n) is 1.34. The van der Waals surface area contributed by atoms with Gasteiger partial charge in [-0.3, -0.25) is 9.59 Å². The standard InChI is InChI=1S/C9H15NO3/c1-2-13-5-3-4-10-7-8(11)6-9(10)12/h2-7H2,1H3. The average Bonchev–Trinajstić information content (AvgIpc) is 2.39. The van der Waals surface area contributed by atoms with Crippen LogP contribution in [0.1, 0.15) is 19.8 Å². The summed E-state index contributed by atoms with van der Waals surface area (Å²) in [6.07, 6.45) is 0.904. The first-order valence-electron chi connectivity index (χ1n) is 4.61. The Morgan fingerprint density at radius 2 is 2.23 bits per heavy atom. The van der Waals surface area contributed by atoms with E-state index in [9.17, 15) is 9.59 Å². The highest BCUT2D eigenvalue weighted by atomic mass is 16.5. The number of hydrogen-bond donors (Lipinski definition) is 0. The van der Waals surface area contributed by atoms with Crippen molar-refractivity contribution in [2.75, 3.05) is 26.3 Å². The Kier molecular flexibility index (Phi) is 3.89. The molecule has 0 atom stereocenters. The highest BCUT2D eigenvalue weighted by Crippen LogP contribution is 2.06. The van der Waals surface area contributed by atoms with Crippen LogP contribution in [0.2, 0.25) is 0 Å². The summed E-state index contributed by atoms with van der Waals surface area (Å²) >= 11 is 0. The third kappa shape index (κ3) is 3.14. The molecular formula is C9H15NO3. The van der Waals surface area contributed by atoms with E-state index in [1.54, 1.807) is 4.90 Å². The van der Waals surface area contributed by atoms with Crippen molar-refractivity contribution in [3.63, 3.8) is 0 Å². The molecule has 0 aromatic heterocycles. The smallest absolute Gasteiger partial charge is 0.230 e. The summed E-state index contributed by atoms with van der Waals surface area (Å²) in [5.41, 5.74) is 0. The number of hydrogen-bond acceptors (Lipinski definition) is 3. The SMILES string of the molecule is CCOCCCN1CC(=O)CC1=O. The topological polar surface area (TPSA) is 46.6 Å². The normalized spacial score (nSPS) is 17.2. The van der Waals surface area contributed by atoms with E-state index in [1.165, 1.54) is 0 Å². The first-order valence-corrected chi connectivity index (χ1v) is 4.61. The van der Waals surface area contributed by atoms with Crippen molar-refractivity contribution in [3.05, 3.63) is 0 Å². The zero-order valence-corrected chi connectivity index (χ0v) is 7.91. The molecule has 1 aliphatic heterocycles. The van der Waals surface area contributed by atoms with Crippen molar-refractivity contribution in [3.8, 4) is 0 Å². The molecule has 0 N–H and O–H groups in total. The van der Waals surface area contributed by atoms with E-state index in [4.69, 9.17) is 4.74 Å². The number of likely N-dealkylation sites (tertiary alicyclic amines) is 1. The first-order chi connectivity index (χ1) is 6.24. The summed E-state index contributed by atoms with van der Waals surface area (Å²) in [7, 11) is 0. The summed E-state index contributed by atoms with van der Waals surface area (Å²) in [5, 5.41) is 0. The van der Waals surface area contributed by atoms with Gasteiger partial charge in [-0.2, -0.15) is 0 Å². The Hall–Kier alpha value is -0.900. The third-order valence-electron chi connectivity index (χ3n) is 1.99. The largest absolute Gasteiger partial charge is 0.382 e. The molecular weight excluding hydrogens is 170 g/mol. The molecule has 0 aliphatic carbocycles. The van der Waals surface area contributed by atoms with Gasteiger partial charge in [0.15, 0.2) is 5.78 Å². The second-order valence-electron chi connectivity index (χ2n) is 3.08. The van der Waals surface area contributed by atoms with Crippen molar-refractivity contribution < 1.29 is 14.3 Å². The molecule has 0 saturated carbocycles. The van der Waals surface area contributed by atoms with E-state index in [2.05, 4.69) is 0 Å². The molecule has 74 valence electrons. The summed E-state index contributed by atoms with van der Waals surface area (Å²) in [5.74, 6) is -0.0112. The van der Waals surface area contributed by atoms with Crippen LogP contribution in [0.25, 0.3) is 0 Å². The maximum atomic E-state index is 11.1. The number of Topliss-reactive ketones (excluding diaryl/α,β-unsaturated/α-hetero) is 1. The number of ketones is 1. The Morgan fingerprint density at radius 1 is 1.46 bits per heavy atom. The van der Waals surface area contributed by atoms with Crippen molar-refractivity contribution in [1.82, 2.24) is 4.90 Å². The van der Waals surface area contributed by atoms with Gasteiger partial charge in [-0.25, -0.2) is 0 Å². The molecule has 0 aromatic carbocycles. The lowest BCUT2D eigenvalue weighted by Gasteiger charge is -2.13. The van der Waals surface area contributed by atoms with E-state index >= 15 is 0 Å². The van der Waals surface area contributed by atoms with Gasteiger partial charge in [-0.05, 0) is 13.3 Å². The van der Waals surface area contributed by atoms with Crippen LogP contribution < -0.4 is 0 Å². The number of nitrogens with zero attached hydrogens (tertiary/aromatic N) is 1. The quantitative estimate of drug-likeness (QED) is 0.454. The second kappa shape index (κ2) is 4.97.